The standard InChI is InChI=1S/C11H23NOS.C2H6/c1-4-12(7-8-14-3)9-11(5-6-11)10-13-2;1-2/h4-10H2,1-3H3;1-2H3. The van der Waals surface area contributed by atoms with Gasteiger partial charge >= 0.3 is 0 Å². The first-order valence-corrected chi connectivity index (χ1v) is 7.86. The van der Waals surface area contributed by atoms with E-state index in [2.05, 4.69) is 18.1 Å². The second kappa shape index (κ2) is 9.32. The van der Waals surface area contributed by atoms with Gasteiger partial charge in [-0.1, -0.05) is 20.8 Å². The van der Waals surface area contributed by atoms with E-state index in [-0.39, 0.29) is 0 Å². The molecule has 0 aliphatic heterocycles. The van der Waals surface area contributed by atoms with Crippen LogP contribution in [0.1, 0.15) is 33.6 Å². The highest BCUT2D eigenvalue weighted by Crippen LogP contribution is 2.46. The molecule has 0 aromatic carbocycles. The molecule has 0 aromatic heterocycles. The Morgan fingerprint density at radius 2 is 1.94 bits per heavy atom. The van der Waals surface area contributed by atoms with Crippen molar-refractivity contribution in [2.75, 3.05) is 45.4 Å². The van der Waals surface area contributed by atoms with Gasteiger partial charge in [0, 0.05) is 31.4 Å². The molecule has 0 unspecified atom stereocenters. The van der Waals surface area contributed by atoms with Gasteiger partial charge in [-0.15, -0.1) is 0 Å². The predicted octanol–water partition coefficient (Wildman–Crippen LogP) is 3.12. The van der Waals surface area contributed by atoms with Crippen LogP contribution in [0, 0.1) is 5.41 Å². The Hall–Kier alpha value is 0.270. The van der Waals surface area contributed by atoms with Crippen molar-refractivity contribution in [1.82, 2.24) is 4.90 Å². The van der Waals surface area contributed by atoms with Crippen molar-refractivity contribution < 1.29 is 4.74 Å². The summed E-state index contributed by atoms with van der Waals surface area (Å²) in [4.78, 5) is 2.56. The van der Waals surface area contributed by atoms with Gasteiger partial charge in [-0.25, -0.2) is 0 Å². The lowest BCUT2D eigenvalue weighted by Gasteiger charge is -2.25. The Morgan fingerprint density at radius 3 is 2.31 bits per heavy atom. The van der Waals surface area contributed by atoms with Gasteiger partial charge in [-0.2, -0.15) is 11.8 Å². The summed E-state index contributed by atoms with van der Waals surface area (Å²) < 4.78 is 5.29. The third-order valence-electron chi connectivity index (χ3n) is 3.03. The zero-order chi connectivity index (χ0) is 12.4. The molecule has 1 rings (SSSR count). The van der Waals surface area contributed by atoms with Crippen LogP contribution in [-0.4, -0.2) is 50.3 Å². The van der Waals surface area contributed by atoms with Crippen molar-refractivity contribution in [3.8, 4) is 0 Å². The predicted molar refractivity (Wildman–Crippen MR) is 75.4 cm³/mol. The summed E-state index contributed by atoms with van der Waals surface area (Å²) in [5.74, 6) is 1.25. The molecule has 0 aromatic rings. The Morgan fingerprint density at radius 1 is 1.31 bits per heavy atom. The Bertz CT molecular complexity index is 160. The number of nitrogens with zero attached hydrogens (tertiary/aromatic N) is 1. The lowest BCUT2D eigenvalue weighted by atomic mass is 10.1. The molecule has 1 fully saturated rings. The molecular weight excluding hydrogens is 218 g/mol. The summed E-state index contributed by atoms with van der Waals surface area (Å²) in [5.41, 5.74) is 0.517. The van der Waals surface area contributed by atoms with Gasteiger partial charge in [-0.3, -0.25) is 0 Å². The van der Waals surface area contributed by atoms with Gasteiger partial charge in [0.15, 0.2) is 0 Å². The average molecular weight is 247 g/mol. The number of thioether (sulfide) groups is 1. The minimum Gasteiger partial charge on any atom is -0.384 e. The zero-order valence-electron chi connectivity index (χ0n) is 11.7. The van der Waals surface area contributed by atoms with Gasteiger partial charge in [-0.05, 0) is 25.6 Å². The van der Waals surface area contributed by atoms with Gasteiger partial charge in [0.2, 0.25) is 0 Å². The maximum Gasteiger partial charge on any atom is 0.0530 e. The fourth-order valence-electron chi connectivity index (χ4n) is 1.87. The summed E-state index contributed by atoms with van der Waals surface area (Å²) in [6.07, 6.45) is 4.89. The highest BCUT2D eigenvalue weighted by Gasteiger charge is 2.43. The summed E-state index contributed by atoms with van der Waals surface area (Å²) in [6, 6.07) is 0. The summed E-state index contributed by atoms with van der Waals surface area (Å²) in [7, 11) is 1.82. The van der Waals surface area contributed by atoms with E-state index in [9.17, 15) is 0 Å². The molecule has 1 aliphatic rings. The maximum atomic E-state index is 5.29. The van der Waals surface area contributed by atoms with Crippen molar-refractivity contribution in [3.63, 3.8) is 0 Å². The topological polar surface area (TPSA) is 12.5 Å². The van der Waals surface area contributed by atoms with Crippen molar-refractivity contribution in [2.45, 2.75) is 33.6 Å². The summed E-state index contributed by atoms with van der Waals surface area (Å²) in [5, 5.41) is 0. The van der Waals surface area contributed by atoms with Gasteiger partial charge in [0.05, 0.1) is 6.61 Å². The Kier molecular flexibility index (Phi) is 9.47. The van der Waals surface area contributed by atoms with Crippen molar-refractivity contribution >= 4 is 11.8 Å². The van der Waals surface area contributed by atoms with Crippen LogP contribution in [0.4, 0.5) is 0 Å². The zero-order valence-corrected chi connectivity index (χ0v) is 12.5. The van der Waals surface area contributed by atoms with Crippen LogP contribution in [0.3, 0.4) is 0 Å². The van der Waals surface area contributed by atoms with E-state index in [1.807, 2.05) is 32.7 Å². The summed E-state index contributed by atoms with van der Waals surface area (Å²) in [6.45, 7) is 10.8. The quantitative estimate of drug-likeness (QED) is 0.654. The van der Waals surface area contributed by atoms with Crippen molar-refractivity contribution in [2.24, 2.45) is 5.41 Å². The van der Waals surface area contributed by atoms with Gasteiger partial charge < -0.3 is 9.64 Å². The van der Waals surface area contributed by atoms with Gasteiger partial charge in [0.1, 0.15) is 0 Å². The lowest BCUT2D eigenvalue weighted by Crippen LogP contribution is -2.34. The van der Waals surface area contributed by atoms with E-state index >= 15 is 0 Å². The highest BCUT2D eigenvalue weighted by molar-refractivity contribution is 7.98. The van der Waals surface area contributed by atoms with E-state index in [1.165, 1.54) is 38.2 Å². The monoisotopic (exact) mass is 247 g/mol. The molecule has 98 valence electrons. The first kappa shape index (κ1) is 16.3. The molecule has 1 aliphatic carbocycles. The molecule has 0 bridgehead atoms. The summed E-state index contributed by atoms with van der Waals surface area (Å²) >= 11 is 1.93. The van der Waals surface area contributed by atoms with Crippen LogP contribution in [-0.2, 0) is 4.74 Å². The maximum absolute atomic E-state index is 5.29. The van der Waals surface area contributed by atoms with E-state index in [0.29, 0.717) is 5.41 Å². The third kappa shape index (κ3) is 6.12. The van der Waals surface area contributed by atoms with Crippen LogP contribution in [0.15, 0.2) is 0 Å². The molecule has 2 nitrogen and oxygen atoms in total. The average Bonchev–Trinajstić information content (AvgIpc) is 3.07. The van der Waals surface area contributed by atoms with Crippen molar-refractivity contribution in [1.29, 1.82) is 0 Å². The molecule has 0 N–H and O–H groups in total. The van der Waals surface area contributed by atoms with Crippen molar-refractivity contribution in [3.05, 3.63) is 0 Å². The van der Waals surface area contributed by atoms with Gasteiger partial charge in [0.25, 0.3) is 0 Å². The number of hydrogen-bond donors (Lipinski definition) is 0. The lowest BCUT2D eigenvalue weighted by molar-refractivity contribution is 0.112. The van der Waals surface area contributed by atoms with E-state index in [0.717, 1.165) is 6.61 Å². The minimum atomic E-state index is 0.517. The fraction of sp³-hybridized carbons (Fsp3) is 1.00. The highest BCUT2D eigenvalue weighted by atomic mass is 32.2. The third-order valence-corrected chi connectivity index (χ3v) is 3.62. The largest absolute Gasteiger partial charge is 0.384 e. The second-order valence-electron chi connectivity index (χ2n) is 4.29. The van der Waals surface area contributed by atoms with E-state index in [1.54, 1.807) is 0 Å². The second-order valence-corrected chi connectivity index (χ2v) is 5.28. The molecule has 1 saturated carbocycles. The number of rotatable bonds is 8. The molecule has 3 heteroatoms. The van der Waals surface area contributed by atoms with Crippen LogP contribution >= 0.6 is 11.8 Å². The number of hydrogen-bond acceptors (Lipinski definition) is 3. The molecule has 0 heterocycles. The smallest absolute Gasteiger partial charge is 0.0530 e. The number of ether oxygens (including phenoxy) is 1. The Balaban J connectivity index is 0.00000106. The first-order valence-electron chi connectivity index (χ1n) is 6.46. The molecule has 16 heavy (non-hydrogen) atoms. The van der Waals surface area contributed by atoms with Crippen LogP contribution in [0.25, 0.3) is 0 Å². The van der Waals surface area contributed by atoms with Crippen LogP contribution < -0.4 is 0 Å². The molecule has 0 saturated heterocycles. The molecule has 0 amide bonds. The van der Waals surface area contributed by atoms with Crippen LogP contribution in [0.5, 0.6) is 0 Å². The minimum absolute atomic E-state index is 0.517. The first-order chi connectivity index (χ1) is 7.76. The Labute approximate surface area is 106 Å². The van der Waals surface area contributed by atoms with E-state index in [4.69, 9.17) is 4.74 Å². The SMILES string of the molecule is CC.CCN(CCSC)CC1(COC)CC1. The van der Waals surface area contributed by atoms with Crippen LogP contribution in [0.2, 0.25) is 0 Å². The van der Waals surface area contributed by atoms with E-state index < -0.39 is 0 Å². The molecular formula is C13H29NOS. The fourth-order valence-corrected chi connectivity index (χ4v) is 2.32. The number of methoxy groups -OCH3 is 1. The normalized spacial score (nSPS) is 16.9. The molecule has 0 radical (unpaired) electrons. The molecule has 0 atom stereocenters. The molecule has 0 spiro atoms.